The van der Waals surface area contributed by atoms with Crippen LogP contribution in [0.5, 0.6) is 5.88 Å². The smallest absolute Gasteiger partial charge is 0.262 e. The average Bonchev–Trinajstić information content (AvgIpc) is 2.27. The Kier molecular flexibility index (Phi) is 3.58. The number of pyridine rings is 1. The van der Waals surface area contributed by atoms with E-state index in [9.17, 15) is 8.42 Å². The summed E-state index contributed by atoms with van der Waals surface area (Å²) in [6.07, 6.45) is 3.65. The summed E-state index contributed by atoms with van der Waals surface area (Å²) < 4.78 is 27.5. The number of rotatable bonds is 4. The summed E-state index contributed by atoms with van der Waals surface area (Å²) >= 11 is 0. The highest BCUT2D eigenvalue weighted by molar-refractivity contribution is 8.13. The fourth-order valence-corrected chi connectivity index (χ4v) is 2.46. The van der Waals surface area contributed by atoms with Gasteiger partial charge < -0.3 is 4.74 Å². The highest BCUT2D eigenvalue weighted by atomic mass is 35.7. The molecule has 0 bridgehead atoms. The van der Waals surface area contributed by atoms with Crippen molar-refractivity contribution in [2.45, 2.75) is 24.7 Å². The van der Waals surface area contributed by atoms with Crippen LogP contribution in [0.3, 0.4) is 0 Å². The molecule has 0 unspecified atom stereocenters. The third-order valence-corrected chi connectivity index (χ3v) is 4.57. The molecule has 1 fully saturated rings. The van der Waals surface area contributed by atoms with Crippen LogP contribution in [0.1, 0.15) is 19.8 Å². The maximum Gasteiger partial charge on any atom is 0.262 e. The summed E-state index contributed by atoms with van der Waals surface area (Å²) in [5, 5.41) is 0. The maximum atomic E-state index is 11.0. The molecule has 0 saturated heterocycles. The SMILES string of the molecule is C[C@@H]1CC[C@H]1COc1ccc(S(=O)(=O)Cl)cn1. The van der Waals surface area contributed by atoms with Gasteiger partial charge in [-0.15, -0.1) is 0 Å². The van der Waals surface area contributed by atoms with E-state index < -0.39 is 9.05 Å². The number of ether oxygens (including phenoxy) is 1. The number of aromatic nitrogens is 1. The molecule has 0 amide bonds. The van der Waals surface area contributed by atoms with E-state index in [2.05, 4.69) is 11.9 Å². The van der Waals surface area contributed by atoms with E-state index >= 15 is 0 Å². The minimum atomic E-state index is -3.70. The fourth-order valence-electron chi connectivity index (χ4n) is 1.77. The van der Waals surface area contributed by atoms with Crippen LogP contribution >= 0.6 is 10.7 Å². The minimum absolute atomic E-state index is 0.0106. The van der Waals surface area contributed by atoms with Crippen LogP contribution in [0, 0.1) is 11.8 Å². The highest BCUT2D eigenvalue weighted by Crippen LogP contribution is 2.33. The molecule has 1 aromatic rings. The van der Waals surface area contributed by atoms with Crippen molar-refractivity contribution in [1.82, 2.24) is 4.98 Å². The zero-order valence-electron chi connectivity index (χ0n) is 9.47. The minimum Gasteiger partial charge on any atom is -0.477 e. The van der Waals surface area contributed by atoms with Crippen LogP contribution < -0.4 is 4.74 Å². The van der Waals surface area contributed by atoms with Crippen LogP contribution in [0.2, 0.25) is 0 Å². The van der Waals surface area contributed by atoms with Crippen LogP contribution in [0.4, 0.5) is 0 Å². The molecule has 1 heterocycles. The largest absolute Gasteiger partial charge is 0.477 e. The van der Waals surface area contributed by atoms with Crippen LogP contribution in [-0.4, -0.2) is 20.0 Å². The van der Waals surface area contributed by atoms with Crippen molar-refractivity contribution >= 4 is 19.7 Å². The van der Waals surface area contributed by atoms with Crippen LogP contribution in [-0.2, 0) is 9.05 Å². The molecule has 4 nitrogen and oxygen atoms in total. The normalized spacial score (nSPS) is 24.1. The van der Waals surface area contributed by atoms with E-state index in [0.29, 0.717) is 24.3 Å². The molecule has 1 aliphatic rings. The van der Waals surface area contributed by atoms with Crippen molar-refractivity contribution in [2.75, 3.05) is 6.61 Å². The fraction of sp³-hybridized carbons (Fsp3) is 0.545. The highest BCUT2D eigenvalue weighted by Gasteiger charge is 2.27. The van der Waals surface area contributed by atoms with E-state index in [0.717, 1.165) is 0 Å². The second kappa shape index (κ2) is 4.82. The van der Waals surface area contributed by atoms with Crippen molar-refractivity contribution in [2.24, 2.45) is 11.8 Å². The molecule has 0 spiro atoms. The van der Waals surface area contributed by atoms with Gasteiger partial charge >= 0.3 is 0 Å². The molecule has 1 aromatic heterocycles. The Morgan fingerprint density at radius 3 is 2.65 bits per heavy atom. The van der Waals surface area contributed by atoms with Gasteiger partial charge in [0.2, 0.25) is 5.88 Å². The molecular weight excluding hydrogens is 262 g/mol. The van der Waals surface area contributed by atoms with Crippen LogP contribution in [0.15, 0.2) is 23.2 Å². The number of hydrogen-bond acceptors (Lipinski definition) is 4. The van der Waals surface area contributed by atoms with Crippen molar-refractivity contribution in [3.05, 3.63) is 18.3 Å². The molecule has 0 aromatic carbocycles. The molecule has 6 heteroatoms. The van der Waals surface area contributed by atoms with Gasteiger partial charge in [0.05, 0.1) is 12.8 Å². The summed E-state index contributed by atoms with van der Waals surface area (Å²) in [5.74, 6) is 1.74. The van der Waals surface area contributed by atoms with Crippen molar-refractivity contribution in [3.63, 3.8) is 0 Å². The zero-order valence-corrected chi connectivity index (χ0v) is 11.0. The van der Waals surface area contributed by atoms with E-state index in [-0.39, 0.29) is 4.90 Å². The molecule has 1 aliphatic carbocycles. The van der Waals surface area contributed by atoms with Crippen molar-refractivity contribution in [1.29, 1.82) is 0 Å². The van der Waals surface area contributed by atoms with Gasteiger partial charge in [-0.25, -0.2) is 13.4 Å². The lowest BCUT2D eigenvalue weighted by Crippen LogP contribution is -2.28. The molecule has 0 radical (unpaired) electrons. The summed E-state index contributed by atoms with van der Waals surface area (Å²) in [6.45, 7) is 2.84. The summed E-state index contributed by atoms with van der Waals surface area (Å²) in [7, 11) is 1.48. The molecule has 2 rings (SSSR count). The Morgan fingerprint density at radius 1 is 1.47 bits per heavy atom. The third kappa shape index (κ3) is 3.10. The molecule has 0 aliphatic heterocycles. The quantitative estimate of drug-likeness (QED) is 0.792. The summed E-state index contributed by atoms with van der Waals surface area (Å²) in [5.41, 5.74) is 0. The van der Waals surface area contributed by atoms with Gasteiger partial charge in [0.1, 0.15) is 4.90 Å². The average molecular weight is 276 g/mol. The second-order valence-electron chi connectivity index (χ2n) is 4.40. The predicted molar refractivity (Wildman–Crippen MR) is 64.7 cm³/mol. The standard InChI is InChI=1S/C11H14ClNO3S/c1-8-2-3-9(8)7-16-11-5-4-10(6-13-11)17(12,14)15/h4-6,8-9H,2-3,7H2,1H3/t8-,9+/m1/s1. The monoisotopic (exact) mass is 275 g/mol. The first-order chi connectivity index (χ1) is 7.97. The topological polar surface area (TPSA) is 56.3 Å². The zero-order chi connectivity index (χ0) is 12.5. The third-order valence-electron chi connectivity index (χ3n) is 3.23. The Hall–Kier alpha value is -0.810. The number of nitrogens with zero attached hydrogens (tertiary/aromatic N) is 1. The first-order valence-corrected chi connectivity index (χ1v) is 7.81. The lowest BCUT2D eigenvalue weighted by atomic mass is 9.75. The predicted octanol–water partition coefficient (Wildman–Crippen LogP) is 2.43. The first kappa shape index (κ1) is 12.6. The number of halogens is 1. The molecule has 0 N–H and O–H groups in total. The Morgan fingerprint density at radius 2 is 2.24 bits per heavy atom. The Bertz CT molecular complexity index is 486. The molecule has 94 valence electrons. The Balaban J connectivity index is 1.94. The van der Waals surface area contributed by atoms with Crippen molar-refractivity contribution in [3.8, 4) is 5.88 Å². The van der Waals surface area contributed by atoms with E-state index in [4.69, 9.17) is 15.4 Å². The van der Waals surface area contributed by atoms with Crippen LogP contribution in [0.25, 0.3) is 0 Å². The van der Waals surface area contributed by atoms with Crippen molar-refractivity contribution < 1.29 is 13.2 Å². The summed E-state index contributed by atoms with van der Waals surface area (Å²) in [4.78, 5) is 3.90. The molecular formula is C11H14ClNO3S. The summed E-state index contributed by atoms with van der Waals surface area (Å²) in [6, 6.07) is 2.92. The van der Waals surface area contributed by atoms with E-state index in [1.165, 1.54) is 31.2 Å². The van der Waals surface area contributed by atoms with Gasteiger partial charge in [-0.3, -0.25) is 0 Å². The molecule has 2 atom stereocenters. The molecule has 1 saturated carbocycles. The number of hydrogen-bond donors (Lipinski definition) is 0. The Labute approximate surface area is 105 Å². The van der Waals surface area contributed by atoms with Gasteiger partial charge in [0, 0.05) is 16.7 Å². The van der Waals surface area contributed by atoms with Gasteiger partial charge in [0.15, 0.2) is 0 Å². The van der Waals surface area contributed by atoms with E-state index in [1.807, 2.05) is 0 Å². The van der Waals surface area contributed by atoms with Gasteiger partial charge in [-0.1, -0.05) is 6.92 Å². The first-order valence-electron chi connectivity index (χ1n) is 5.50. The molecule has 17 heavy (non-hydrogen) atoms. The van der Waals surface area contributed by atoms with Gasteiger partial charge in [-0.05, 0) is 30.7 Å². The van der Waals surface area contributed by atoms with Gasteiger partial charge in [-0.2, -0.15) is 0 Å². The van der Waals surface area contributed by atoms with E-state index in [1.54, 1.807) is 0 Å². The lowest BCUT2D eigenvalue weighted by Gasteiger charge is -2.33. The van der Waals surface area contributed by atoms with Gasteiger partial charge in [0.25, 0.3) is 9.05 Å². The lowest BCUT2D eigenvalue weighted by molar-refractivity contribution is 0.113. The second-order valence-corrected chi connectivity index (χ2v) is 6.96. The maximum absolute atomic E-state index is 11.0.